The Balaban J connectivity index is 0. The highest BCUT2D eigenvalue weighted by Crippen LogP contribution is 1.47. The Hall–Kier alpha value is -0.610. The van der Waals surface area contributed by atoms with E-state index >= 15 is 0 Å². The van der Waals surface area contributed by atoms with Crippen molar-refractivity contribution in [3.05, 3.63) is 0 Å². The van der Waals surface area contributed by atoms with Crippen molar-refractivity contribution in [3.8, 4) is 0 Å². The lowest BCUT2D eigenvalue weighted by molar-refractivity contribution is -0.148. The van der Waals surface area contributed by atoms with E-state index in [2.05, 4.69) is 4.89 Å². The average molecular weight is 120 g/mol. The molecule has 0 fully saturated rings. The summed E-state index contributed by atoms with van der Waals surface area (Å²) in [6.07, 6.45) is 0.431. The van der Waals surface area contributed by atoms with Crippen LogP contribution in [0, 0.1) is 5.41 Å². The third kappa shape index (κ3) is 683. The number of nitrogens with one attached hydrogen (secondary N) is 1. The summed E-state index contributed by atoms with van der Waals surface area (Å²) >= 11 is 0. The van der Waals surface area contributed by atoms with Gasteiger partial charge in [-0.2, -0.15) is 0 Å². The summed E-state index contributed by atoms with van der Waals surface area (Å²) in [6, 6.07) is 0. The maximum absolute atomic E-state index is 7.13. The molecule has 0 aromatic rings. The van der Waals surface area contributed by atoms with Gasteiger partial charge in [0.15, 0.2) is 0 Å². The van der Waals surface area contributed by atoms with Gasteiger partial charge in [-0.3, -0.25) is 5.41 Å². The zero-order chi connectivity index (χ0) is 6.99. The summed E-state index contributed by atoms with van der Waals surface area (Å²) < 4.78 is 0. The number of hydrogen-bond acceptors (Lipinski definition) is 4. The predicted octanol–water partition coefficient (Wildman–Crippen LogP) is 0.261. The van der Waals surface area contributed by atoms with E-state index in [1.54, 1.807) is 0 Å². The van der Waals surface area contributed by atoms with Crippen LogP contribution in [0.5, 0.6) is 0 Å². The Morgan fingerprint density at radius 1 is 1.50 bits per heavy atom. The van der Waals surface area contributed by atoms with E-state index in [1.807, 2.05) is 26.0 Å². The Bertz CT molecular complexity index is 44.5. The highest BCUT2D eigenvalue weighted by molar-refractivity contribution is 5.39. The van der Waals surface area contributed by atoms with Crippen LogP contribution in [0.1, 0.15) is 0 Å². The van der Waals surface area contributed by atoms with Gasteiger partial charge in [-0.25, -0.2) is 5.26 Å². The molecule has 0 rings (SSSR count). The molecule has 0 radical (unpaired) electrons. The molecule has 0 aromatic heterocycles. The van der Waals surface area contributed by atoms with E-state index in [0.717, 1.165) is 0 Å². The Morgan fingerprint density at radius 2 is 1.62 bits per heavy atom. The lowest BCUT2D eigenvalue weighted by atomic mass is 11.0. The highest BCUT2D eigenvalue weighted by atomic mass is 17.1. The third-order valence-electron chi connectivity index (χ3n) is 0.0527. The van der Waals surface area contributed by atoms with Crippen LogP contribution in [0.3, 0.4) is 0 Å². The average Bonchev–Trinajstić information content (AvgIpc) is 1.65. The van der Waals surface area contributed by atoms with Crippen LogP contribution in [0.15, 0.2) is 0 Å². The number of nitrogens with zero attached hydrogens (tertiary/aromatic N) is 1. The minimum absolute atomic E-state index is 0.431. The summed E-state index contributed by atoms with van der Waals surface area (Å²) in [4.78, 5) is 5.08. The second-order valence-corrected chi connectivity index (χ2v) is 1.56. The van der Waals surface area contributed by atoms with Crippen molar-refractivity contribution >= 4 is 6.40 Å². The van der Waals surface area contributed by atoms with Crippen molar-refractivity contribution in [2.24, 2.45) is 0 Å². The molecular formula is C4H12N2O2. The Kier molecular flexibility index (Phi) is 12.5. The molecule has 0 heterocycles. The van der Waals surface area contributed by atoms with Crippen LogP contribution < -0.4 is 0 Å². The fraction of sp³-hybridized carbons (Fsp3) is 0.750. The molecule has 0 saturated carbocycles. The van der Waals surface area contributed by atoms with Crippen molar-refractivity contribution in [2.45, 2.75) is 0 Å². The van der Waals surface area contributed by atoms with Crippen LogP contribution in [0.25, 0.3) is 0 Å². The van der Waals surface area contributed by atoms with Crippen molar-refractivity contribution in [1.82, 2.24) is 4.90 Å². The molecule has 4 nitrogen and oxygen atoms in total. The van der Waals surface area contributed by atoms with Gasteiger partial charge in [0.1, 0.15) is 0 Å². The Morgan fingerprint density at radius 3 is 1.62 bits per heavy atom. The zero-order valence-electron chi connectivity index (χ0n) is 5.38. The van der Waals surface area contributed by atoms with Crippen LogP contribution in [0.2, 0.25) is 0 Å². The molecule has 0 unspecified atom stereocenters. The predicted molar refractivity (Wildman–Crippen MR) is 32.1 cm³/mol. The van der Waals surface area contributed by atoms with Crippen molar-refractivity contribution in [2.75, 3.05) is 21.1 Å². The van der Waals surface area contributed by atoms with E-state index in [1.165, 1.54) is 0 Å². The van der Waals surface area contributed by atoms with E-state index in [9.17, 15) is 0 Å². The van der Waals surface area contributed by atoms with Crippen LogP contribution >= 0.6 is 0 Å². The summed E-state index contributed by atoms with van der Waals surface area (Å²) in [5.74, 6) is 0. The maximum Gasteiger partial charge on any atom is 0.211 e. The lowest BCUT2D eigenvalue weighted by Crippen LogP contribution is -1.99. The molecule has 0 aliphatic rings. The van der Waals surface area contributed by atoms with Gasteiger partial charge in [0.05, 0.1) is 0 Å². The summed E-state index contributed by atoms with van der Waals surface area (Å²) in [5, 5.41) is 13.0. The SMILES string of the molecule is CN(C)C.N=COO. The van der Waals surface area contributed by atoms with Crippen LogP contribution in [-0.4, -0.2) is 37.7 Å². The Labute approximate surface area is 49.1 Å². The van der Waals surface area contributed by atoms with Gasteiger partial charge in [0.25, 0.3) is 0 Å². The van der Waals surface area contributed by atoms with E-state index in [-0.39, 0.29) is 0 Å². The van der Waals surface area contributed by atoms with Gasteiger partial charge in [-0.1, -0.05) is 0 Å². The molecule has 2 N–H and O–H groups in total. The molecule has 50 valence electrons. The summed E-state index contributed by atoms with van der Waals surface area (Å²) in [6.45, 7) is 0. The van der Waals surface area contributed by atoms with E-state index in [0.29, 0.717) is 6.40 Å². The number of hydrogen-bond donors (Lipinski definition) is 2. The minimum atomic E-state index is 0.431. The quantitative estimate of drug-likeness (QED) is 0.226. The summed E-state index contributed by atoms with van der Waals surface area (Å²) in [7, 11) is 6.00. The molecule has 0 amide bonds. The number of rotatable bonds is 1. The van der Waals surface area contributed by atoms with Crippen LogP contribution in [-0.2, 0) is 4.89 Å². The highest BCUT2D eigenvalue weighted by Gasteiger charge is 1.58. The maximum atomic E-state index is 7.13. The zero-order valence-corrected chi connectivity index (χ0v) is 5.38. The molecule has 0 saturated heterocycles. The van der Waals surface area contributed by atoms with E-state index < -0.39 is 0 Å². The first-order valence-electron chi connectivity index (χ1n) is 2.05. The first-order chi connectivity index (χ1) is 3.65. The fourth-order valence-corrected chi connectivity index (χ4v) is 0. The smallest absolute Gasteiger partial charge is 0.211 e. The molecule has 0 atom stereocenters. The van der Waals surface area contributed by atoms with Crippen molar-refractivity contribution in [1.29, 1.82) is 5.41 Å². The van der Waals surface area contributed by atoms with Crippen molar-refractivity contribution in [3.63, 3.8) is 0 Å². The fourth-order valence-electron chi connectivity index (χ4n) is 0. The standard InChI is InChI=1S/C3H9N.CH3NO2/c1-4(2)3;2-1-4-3/h1-3H3;1-3H. The molecule has 8 heavy (non-hydrogen) atoms. The largest absolute Gasteiger partial charge is 0.328 e. The minimum Gasteiger partial charge on any atom is -0.328 e. The van der Waals surface area contributed by atoms with Gasteiger partial charge in [0.2, 0.25) is 6.40 Å². The van der Waals surface area contributed by atoms with Gasteiger partial charge in [-0.15, -0.1) is 0 Å². The molecule has 0 aliphatic heterocycles. The second-order valence-electron chi connectivity index (χ2n) is 1.56. The van der Waals surface area contributed by atoms with Crippen LogP contribution in [0.4, 0.5) is 0 Å². The van der Waals surface area contributed by atoms with Crippen molar-refractivity contribution < 1.29 is 10.1 Å². The molecule has 0 aliphatic carbocycles. The third-order valence-corrected chi connectivity index (χ3v) is 0.0527. The lowest BCUT2D eigenvalue weighted by Gasteiger charge is -1.90. The molecule has 0 aromatic carbocycles. The van der Waals surface area contributed by atoms with Gasteiger partial charge < -0.3 is 9.79 Å². The molecule has 4 heteroatoms. The van der Waals surface area contributed by atoms with E-state index in [4.69, 9.17) is 10.7 Å². The molecular weight excluding hydrogens is 108 g/mol. The first-order valence-corrected chi connectivity index (χ1v) is 2.05. The van der Waals surface area contributed by atoms with Gasteiger partial charge >= 0.3 is 0 Å². The van der Waals surface area contributed by atoms with Gasteiger partial charge in [0, 0.05) is 0 Å². The first kappa shape index (κ1) is 10.4. The molecule has 0 spiro atoms. The summed E-state index contributed by atoms with van der Waals surface area (Å²) in [5.41, 5.74) is 0. The second kappa shape index (κ2) is 9.63. The molecule has 0 bridgehead atoms. The monoisotopic (exact) mass is 120 g/mol. The van der Waals surface area contributed by atoms with Gasteiger partial charge in [-0.05, 0) is 21.1 Å². The topological polar surface area (TPSA) is 56.6 Å². The normalized spacial score (nSPS) is 7.12.